The van der Waals surface area contributed by atoms with E-state index in [-0.39, 0.29) is 5.84 Å². The molecule has 1 aromatic rings. The van der Waals surface area contributed by atoms with Gasteiger partial charge in [0, 0.05) is 12.7 Å². The highest BCUT2D eigenvalue weighted by Crippen LogP contribution is 2.13. The summed E-state index contributed by atoms with van der Waals surface area (Å²) in [5.74, 6) is 0.203. The Labute approximate surface area is 83.6 Å². The molecule has 0 unspecified atom stereocenters. The van der Waals surface area contributed by atoms with Crippen LogP contribution in [0.5, 0.6) is 0 Å². The number of amidine groups is 1. The van der Waals surface area contributed by atoms with Gasteiger partial charge in [-0.1, -0.05) is 17.3 Å². The molecule has 0 atom stereocenters. The van der Waals surface area contributed by atoms with Gasteiger partial charge in [0.25, 0.3) is 0 Å². The molecule has 4 nitrogen and oxygen atoms in total. The number of oxime groups is 1. The van der Waals surface area contributed by atoms with Crippen molar-refractivity contribution in [3.05, 3.63) is 29.8 Å². The number of likely N-dealkylation sites (N-methyl/N-ethyl adjacent to an activating group) is 1. The molecule has 0 amide bonds. The minimum Gasteiger partial charge on any atom is -0.409 e. The molecule has 4 heteroatoms. The van der Waals surface area contributed by atoms with Gasteiger partial charge in [-0.15, -0.1) is 0 Å². The Kier molecular flexibility index (Phi) is 3.34. The van der Waals surface area contributed by atoms with Crippen molar-refractivity contribution < 1.29 is 5.21 Å². The molecule has 1 aromatic carbocycles. The summed E-state index contributed by atoms with van der Waals surface area (Å²) in [7, 11) is 1.90. The third-order valence-corrected chi connectivity index (χ3v) is 1.97. The zero-order chi connectivity index (χ0) is 10.6. The molecule has 0 aliphatic heterocycles. The second-order valence-electron chi connectivity index (χ2n) is 3.29. The van der Waals surface area contributed by atoms with Gasteiger partial charge in [-0.25, -0.2) is 0 Å². The Balaban J connectivity index is 2.74. The largest absolute Gasteiger partial charge is 0.409 e. The highest BCUT2D eigenvalue weighted by molar-refractivity contribution is 5.84. The van der Waals surface area contributed by atoms with Gasteiger partial charge in [0.15, 0.2) is 5.84 Å². The van der Waals surface area contributed by atoms with Crippen molar-refractivity contribution >= 4 is 11.5 Å². The van der Waals surface area contributed by atoms with Crippen molar-refractivity contribution in [2.75, 3.05) is 18.5 Å². The third-order valence-electron chi connectivity index (χ3n) is 1.97. The van der Waals surface area contributed by atoms with Crippen molar-refractivity contribution in [3.8, 4) is 0 Å². The predicted molar refractivity (Wildman–Crippen MR) is 57.9 cm³/mol. The van der Waals surface area contributed by atoms with Crippen LogP contribution >= 0.6 is 0 Å². The summed E-state index contributed by atoms with van der Waals surface area (Å²) in [5, 5.41) is 11.4. The van der Waals surface area contributed by atoms with E-state index in [1.165, 1.54) is 5.56 Å². The number of nitrogens with zero attached hydrogens (tertiary/aromatic N) is 2. The van der Waals surface area contributed by atoms with E-state index in [1.54, 1.807) is 0 Å². The van der Waals surface area contributed by atoms with Crippen LogP contribution in [0, 0.1) is 6.92 Å². The molecular weight excluding hydrogens is 178 g/mol. The van der Waals surface area contributed by atoms with Crippen LogP contribution in [0.25, 0.3) is 0 Å². The van der Waals surface area contributed by atoms with Gasteiger partial charge in [0.1, 0.15) is 0 Å². The van der Waals surface area contributed by atoms with Crippen LogP contribution in [-0.2, 0) is 0 Å². The first-order valence-corrected chi connectivity index (χ1v) is 4.37. The summed E-state index contributed by atoms with van der Waals surface area (Å²) < 4.78 is 0. The summed E-state index contributed by atoms with van der Waals surface area (Å²) in [5.41, 5.74) is 7.65. The number of benzene rings is 1. The first-order chi connectivity index (χ1) is 6.63. The smallest absolute Gasteiger partial charge is 0.158 e. The summed E-state index contributed by atoms with van der Waals surface area (Å²) in [4.78, 5) is 1.92. The maximum atomic E-state index is 8.42. The topological polar surface area (TPSA) is 61.8 Å². The summed E-state index contributed by atoms with van der Waals surface area (Å²) >= 11 is 0. The lowest BCUT2D eigenvalue weighted by molar-refractivity contribution is 0.317. The Morgan fingerprint density at radius 2 is 2.29 bits per heavy atom. The summed E-state index contributed by atoms with van der Waals surface area (Å²) in [6.45, 7) is 2.45. The van der Waals surface area contributed by atoms with Crippen molar-refractivity contribution in [2.24, 2.45) is 10.9 Å². The van der Waals surface area contributed by atoms with E-state index in [0.717, 1.165) is 5.69 Å². The van der Waals surface area contributed by atoms with Crippen molar-refractivity contribution in [3.63, 3.8) is 0 Å². The van der Waals surface area contributed by atoms with Crippen molar-refractivity contribution in [1.29, 1.82) is 0 Å². The quantitative estimate of drug-likeness (QED) is 0.328. The summed E-state index contributed by atoms with van der Waals surface area (Å²) in [6.07, 6.45) is 0. The Hall–Kier alpha value is -1.71. The van der Waals surface area contributed by atoms with Gasteiger partial charge in [-0.3, -0.25) is 0 Å². The Bertz CT molecular complexity index is 336. The first-order valence-electron chi connectivity index (χ1n) is 4.37. The molecule has 0 saturated carbocycles. The zero-order valence-corrected chi connectivity index (χ0v) is 8.44. The minimum absolute atomic E-state index is 0.203. The normalized spacial score (nSPS) is 11.4. The fourth-order valence-corrected chi connectivity index (χ4v) is 1.23. The standard InChI is InChI=1S/C10H15N3O/c1-8-4-3-5-9(6-8)13(2)7-10(11)12-14/h3-6,14H,7H2,1-2H3,(H2,11,12). The number of hydrogen-bond donors (Lipinski definition) is 2. The highest BCUT2D eigenvalue weighted by Gasteiger charge is 2.02. The molecule has 0 aliphatic rings. The number of anilines is 1. The van der Waals surface area contributed by atoms with Crippen molar-refractivity contribution in [2.45, 2.75) is 6.92 Å². The van der Waals surface area contributed by atoms with Gasteiger partial charge in [-0.2, -0.15) is 0 Å². The van der Waals surface area contributed by atoms with Gasteiger partial charge in [0.2, 0.25) is 0 Å². The molecule has 0 aliphatic carbocycles. The van der Waals surface area contributed by atoms with E-state index in [4.69, 9.17) is 10.9 Å². The molecule has 3 N–H and O–H groups in total. The number of hydrogen-bond acceptors (Lipinski definition) is 3. The molecule has 76 valence electrons. The van der Waals surface area contributed by atoms with E-state index in [1.807, 2.05) is 43.1 Å². The van der Waals surface area contributed by atoms with E-state index >= 15 is 0 Å². The molecule has 14 heavy (non-hydrogen) atoms. The van der Waals surface area contributed by atoms with Crippen LogP contribution in [-0.4, -0.2) is 24.6 Å². The van der Waals surface area contributed by atoms with E-state index in [9.17, 15) is 0 Å². The maximum Gasteiger partial charge on any atom is 0.158 e. The average molecular weight is 193 g/mol. The molecule has 0 heterocycles. The second kappa shape index (κ2) is 4.50. The highest BCUT2D eigenvalue weighted by atomic mass is 16.4. The lowest BCUT2D eigenvalue weighted by Gasteiger charge is -2.18. The van der Waals surface area contributed by atoms with Crippen molar-refractivity contribution in [1.82, 2.24) is 0 Å². The van der Waals surface area contributed by atoms with Crippen LogP contribution in [0.2, 0.25) is 0 Å². The number of nitrogens with two attached hydrogens (primary N) is 1. The lowest BCUT2D eigenvalue weighted by Crippen LogP contribution is -2.30. The number of rotatable bonds is 3. The van der Waals surface area contributed by atoms with Crippen LogP contribution in [0.4, 0.5) is 5.69 Å². The Morgan fingerprint density at radius 3 is 2.86 bits per heavy atom. The van der Waals surface area contributed by atoms with E-state index < -0.39 is 0 Å². The first kappa shape index (κ1) is 10.4. The van der Waals surface area contributed by atoms with Crippen LogP contribution < -0.4 is 10.6 Å². The van der Waals surface area contributed by atoms with E-state index in [2.05, 4.69) is 5.16 Å². The molecule has 0 saturated heterocycles. The SMILES string of the molecule is Cc1cccc(N(C)C/C(N)=N/O)c1. The summed E-state index contributed by atoms with van der Waals surface area (Å²) in [6, 6.07) is 8.04. The minimum atomic E-state index is 0.203. The van der Waals surface area contributed by atoms with Crippen LogP contribution in [0.1, 0.15) is 5.56 Å². The Morgan fingerprint density at radius 1 is 1.57 bits per heavy atom. The van der Waals surface area contributed by atoms with Gasteiger partial charge < -0.3 is 15.8 Å². The second-order valence-corrected chi connectivity index (χ2v) is 3.29. The zero-order valence-electron chi connectivity index (χ0n) is 8.44. The third kappa shape index (κ3) is 2.65. The average Bonchev–Trinajstić information content (AvgIpc) is 2.17. The molecule has 0 bridgehead atoms. The molecule has 0 aromatic heterocycles. The monoisotopic (exact) mass is 193 g/mol. The molecule has 0 spiro atoms. The maximum absolute atomic E-state index is 8.42. The van der Waals surface area contributed by atoms with Gasteiger partial charge in [-0.05, 0) is 24.6 Å². The van der Waals surface area contributed by atoms with Gasteiger partial charge in [0.05, 0.1) is 6.54 Å². The fourth-order valence-electron chi connectivity index (χ4n) is 1.23. The molecule has 0 fully saturated rings. The predicted octanol–water partition coefficient (Wildman–Crippen LogP) is 1.18. The molecular formula is C10H15N3O. The van der Waals surface area contributed by atoms with Crippen LogP contribution in [0.3, 0.4) is 0 Å². The lowest BCUT2D eigenvalue weighted by atomic mass is 10.2. The molecule has 0 radical (unpaired) electrons. The molecule has 1 rings (SSSR count). The number of aryl methyl sites for hydroxylation is 1. The van der Waals surface area contributed by atoms with E-state index in [0.29, 0.717) is 6.54 Å². The van der Waals surface area contributed by atoms with Crippen LogP contribution in [0.15, 0.2) is 29.4 Å². The van der Waals surface area contributed by atoms with Gasteiger partial charge >= 0.3 is 0 Å². The fraction of sp³-hybridized carbons (Fsp3) is 0.300.